The van der Waals surface area contributed by atoms with Crippen molar-refractivity contribution in [3.63, 3.8) is 0 Å². The van der Waals surface area contributed by atoms with Crippen molar-refractivity contribution in [1.29, 1.82) is 0 Å². The molecule has 0 atom stereocenters. The summed E-state index contributed by atoms with van der Waals surface area (Å²) in [7, 11) is 0. The molecule has 3 nitrogen and oxygen atoms in total. The minimum Gasteiger partial charge on any atom is -0.293 e. The molecule has 2 rings (SSSR count). The fourth-order valence-corrected chi connectivity index (χ4v) is 1.99. The molecule has 0 N–H and O–H groups in total. The SMILES string of the molecule is CCc1ccccc1N=C(C)c1cccc(C(C)=O)n1. The van der Waals surface area contributed by atoms with Crippen molar-refractivity contribution in [2.75, 3.05) is 0 Å². The van der Waals surface area contributed by atoms with E-state index < -0.39 is 0 Å². The molecule has 0 aliphatic heterocycles. The van der Waals surface area contributed by atoms with E-state index >= 15 is 0 Å². The molecule has 0 radical (unpaired) electrons. The largest absolute Gasteiger partial charge is 0.293 e. The molecule has 3 heteroatoms. The third-order valence-electron chi connectivity index (χ3n) is 3.14. The molecule has 0 aliphatic carbocycles. The topological polar surface area (TPSA) is 42.3 Å². The van der Waals surface area contributed by atoms with E-state index in [9.17, 15) is 4.79 Å². The molecule has 0 fully saturated rings. The number of pyridine rings is 1. The number of hydrogen-bond acceptors (Lipinski definition) is 3. The number of para-hydroxylation sites is 1. The van der Waals surface area contributed by atoms with Crippen molar-refractivity contribution in [3.8, 4) is 0 Å². The summed E-state index contributed by atoms with van der Waals surface area (Å²) in [6, 6.07) is 13.5. The summed E-state index contributed by atoms with van der Waals surface area (Å²) in [5, 5.41) is 0. The number of ketones is 1. The van der Waals surface area contributed by atoms with Gasteiger partial charge in [-0.25, -0.2) is 4.98 Å². The van der Waals surface area contributed by atoms with Crippen LogP contribution in [-0.2, 0) is 6.42 Å². The zero-order chi connectivity index (χ0) is 14.5. The van der Waals surface area contributed by atoms with E-state index in [1.807, 2.05) is 37.3 Å². The highest BCUT2D eigenvalue weighted by atomic mass is 16.1. The standard InChI is InChI=1S/C17H18N2O/c1-4-14-8-5-6-9-17(14)18-12(2)15-10-7-11-16(19-15)13(3)20/h5-11H,4H2,1-3H3. The van der Waals surface area contributed by atoms with Gasteiger partial charge < -0.3 is 0 Å². The number of carbonyl (C=O) groups is 1. The number of hydrogen-bond donors (Lipinski definition) is 0. The molecule has 0 aliphatic rings. The van der Waals surface area contributed by atoms with Crippen LogP contribution in [0.5, 0.6) is 0 Å². The van der Waals surface area contributed by atoms with Crippen LogP contribution >= 0.6 is 0 Å². The summed E-state index contributed by atoms with van der Waals surface area (Å²) in [6.45, 7) is 5.54. The number of carbonyl (C=O) groups excluding carboxylic acids is 1. The maximum Gasteiger partial charge on any atom is 0.178 e. The van der Waals surface area contributed by atoms with E-state index in [4.69, 9.17) is 0 Å². The van der Waals surface area contributed by atoms with Gasteiger partial charge in [0, 0.05) is 6.92 Å². The van der Waals surface area contributed by atoms with Gasteiger partial charge in [0.25, 0.3) is 0 Å². The van der Waals surface area contributed by atoms with E-state index in [1.54, 1.807) is 6.07 Å². The highest BCUT2D eigenvalue weighted by Crippen LogP contribution is 2.20. The van der Waals surface area contributed by atoms with E-state index in [0.717, 1.165) is 23.5 Å². The molecule has 0 bridgehead atoms. The summed E-state index contributed by atoms with van der Waals surface area (Å²) >= 11 is 0. The van der Waals surface area contributed by atoms with Gasteiger partial charge in [-0.05, 0) is 37.1 Å². The van der Waals surface area contributed by atoms with Crippen LogP contribution in [0.2, 0.25) is 0 Å². The minimum absolute atomic E-state index is 0.0337. The van der Waals surface area contributed by atoms with Gasteiger partial charge in [0.1, 0.15) is 5.69 Å². The van der Waals surface area contributed by atoms with Crippen molar-refractivity contribution in [2.45, 2.75) is 27.2 Å². The number of aromatic nitrogens is 1. The molecule has 1 aromatic heterocycles. The van der Waals surface area contributed by atoms with Crippen molar-refractivity contribution < 1.29 is 4.79 Å². The summed E-state index contributed by atoms with van der Waals surface area (Å²) in [5.41, 5.74) is 4.19. The molecule has 0 saturated carbocycles. The summed E-state index contributed by atoms with van der Waals surface area (Å²) in [5.74, 6) is -0.0337. The Kier molecular flexibility index (Phi) is 4.41. The Labute approximate surface area is 119 Å². The number of aliphatic imine (C=N–C) groups is 1. The summed E-state index contributed by atoms with van der Waals surface area (Å²) in [4.78, 5) is 20.4. The molecule has 1 aromatic carbocycles. The second kappa shape index (κ2) is 6.24. The second-order valence-corrected chi connectivity index (χ2v) is 4.64. The van der Waals surface area contributed by atoms with Gasteiger partial charge in [-0.15, -0.1) is 0 Å². The lowest BCUT2D eigenvalue weighted by atomic mass is 10.1. The monoisotopic (exact) mass is 266 g/mol. The fourth-order valence-electron chi connectivity index (χ4n) is 1.99. The van der Waals surface area contributed by atoms with Gasteiger partial charge >= 0.3 is 0 Å². The predicted molar refractivity (Wildman–Crippen MR) is 81.9 cm³/mol. The molecule has 20 heavy (non-hydrogen) atoms. The molecular weight excluding hydrogens is 248 g/mol. The van der Waals surface area contributed by atoms with Gasteiger partial charge in [0.15, 0.2) is 5.78 Å². The van der Waals surface area contributed by atoms with Crippen LogP contribution in [0.15, 0.2) is 47.5 Å². The first kappa shape index (κ1) is 14.1. The average molecular weight is 266 g/mol. The van der Waals surface area contributed by atoms with Crippen molar-refractivity contribution in [2.24, 2.45) is 4.99 Å². The van der Waals surface area contributed by atoms with E-state index in [-0.39, 0.29) is 5.78 Å². The number of aryl methyl sites for hydroxylation is 1. The number of rotatable bonds is 4. The fraction of sp³-hybridized carbons (Fsp3) is 0.235. The Bertz CT molecular complexity index is 660. The molecule has 0 saturated heterocycles. The third-order valence-corrected chi connectivity index (χ3v) is 3.14. The Hall–Kier alpha value is -2.29. The molecule has 2 aromatic rings. The third kappa shape index (κ3) is 3.18. The molecule has 0 spiro atoms. The van der Waals surface area contributed by atoms with E-state index in [0.29, 0.717) is 5.69 Å². The number of Topliss-reactive ketones (excluding diaryl/α,β-unsaturated/α-hetero) is 1. The van der Waals surface area contributed by atoms with Gasteiger partial charge in [0.05, 0.1) is 17.1 Å². The minimum atomic E-state index is -0.0337. The maximum atomic E-state index is 11.4. The van der Waals surface area contributed by atoms with Crippen LogP contribution in [0.3, 0.4) is 0 Å². The van der Waals surface area contributed by atoms with Gasteiger partial charge in [-0.2, -0.15) is 0 Å². The quantitative estimate of drug-likeness (QED) is 0.620. The Morgan fingerprint density at radius 3 is 2.45 bits per heavy atom. The van der Waals surface area contributed by atoms with Crippen LogP contribution in [0.25, 0.3) is 0 Å². The van der Waals surface area contributed by atoms with E-state index in [1.165, 1.54) is 12.5 Å². The lowest BCUT2D eigenvalue weighted by molar-refractivity contribution is 0.101. The molecule has 102 valence electrons. The van der Waals surface area contributed by atoms with Crippen LogP contribution in [0.4, 0.5) is 5.69 Å². The molecular formula is C17H18N2O. The zero-order valence-electron chi connectivity index (χ0n) is 12.1. The summed E-state index contributed by atoms with van der Waals surface area (Å²) < 4.78 is 0. The Balaban J connectivity index is 2.40. The van der Waals surface area contributed by atoms with Gasteiger partial charge in [-0.3, -0.25) is 9.79 Å². The van der Waals surface area contributed by atoms with Gasteiger partial charge in [-0.1, -0.05) is 31.2 Å². The van der Waals surface area contributed by atoms with Crippen LogP contribution < -0.4 is 0 Å². The zero-order valence-corrected chi connectivity index (χ0v) is 12.1. The highest BCUT2D eigenvalue weighted by molar-refractivity contribution is 6.00. The number of benzene rings is 1. The highest BCUT2D eigenvalue weighted by Gasteiger charge is 2.05. The molecule has 0 amide bonds. The second-order valence-electron chi connectivity index (χ2n) is 4.64. The average Bonchev–Trinajstić information content (AvgIpc) is 2.48. The molecule has 0 unspecified atom stereocenters. The lowest BCUT2D eigenvalue weighted by Crippen LogP contribution is -2.04. The maximum absolute atomic E-state index is 11.4. The first-order chi connectivity index (χ1) is 9.61. The molecule has 1 heterocycles. The Morgan fingerprint density at radius 2 is 1.75 bits per heavy atom. The van der Waals surface area contributed by atoms with Crippen molar-refractivity contribution >= 4 is 17.2 Å². The normalized spacial score (nSPS) is 11.4. The lowest BCUT2D eigenvalue weighted by Gasteiger charge is -2.05. The van der Waals surface area contributed by atoms with Crippen LogP contribution in [0.1, 0.15) is 42.5 Å². The first-order valence-corrected chi connectivity index (χ1v) is 6.73. The van der Waals surface area contributed by atoms with Crippen molar-refractivity contribution in [3.05, 3.63) is 59.4 Å². The summed E-state index contributed by atoms with van der Waals surface area (Å²) in [6.07, 6.45) is 0.938. The van der Waals surface area contributed by atoms with Crippen molar-refractivity contribution in [1.82, 2.24) is 4.98 Å². The van der Waals surface area contributed by atoms with Crippen LogP contribution in [0, 0.1) is 0 Å². The smallest absolute Gasteiger partial charge is 0.178 e. The number of nitrogens with zero attached hydrogens (tertiary/aromatic N) is 2. The van der Waals surface area contributed by atoms with E-state index in [2.05, 4.69) is 23.0 Å². The van der Waals surface area contributed by atoms with Crippen LogP contribution in [-0.4, -0.2) is 16.5 Å². The Morgan fingerprint density at radius 1 is 1.05 bits per heavy atom. The first-order valence-electron chi connectivity index (χ1n) is 6.73. The predicted octanol–water partition coefficient (Wildman–Crippen LogP) is 3.99. The van der Waals surface area contributed by atoms with Gasteiger partial charge in [0.2, 0.25) is 0 Å².